The van der Waals surface area contributed by atoms with Crippen LogP contribution in [0.3, 0.4) is 0 Å². The van der Waals surface area contributed by atoms with Crippen LogP contribution >= 0.6 is 0 Å². The van der Waals surface area contributed by atoms with Crippen LogP contribution in [-0.4, -0.2) is 58.0 Å². The van der Waals surface area contributed by atoms with E-state index >= 15 is 0 Å². The summed E-state index contributed by atoms with van der Waals surface area (Å²) in [5.41, 5.74) is 3.18. The summed E-state index contributed by atoms with van der Waals surface area (Å²) >= 11 is 0. The van der Waals surface area contributed by atoms with E-state index in [0.717, 1.165) is 34.9 Å². The van der Waals surface area contributed by atoms with Gasteiger partial charge in [-0.15, -0.1) is 0 Å². The van der Waals surface area contributed by atoms with Crippen molar-refractivity contribution in [1.29, 1.82) is 0 Å². The van der Waals surface area contributed by atoms with Crippen LogP contribution < -0.4 is 25.0 Å². The molecule has 10 nitrogen and oxygen atoms in total. The van der Waals surface area contributed by atoms with E-state index in [1.807, 2.05) is 42.0 Å². The molecule has 2 aromatic rings. The first kappa shape index (κ1) is 30.2. The molecule has 0 aromatic heterocycles. The number of carbonyl (C=O) groups excluding carboxylic acids is 2. The minimum Gasteiger partial charge on any atom is -0.484 e. The van der Waals surface area contributed by atoms with E-state index in [1.165, 1.54) is 33.4 Å². The second kappa shape index (κ2) is 13.7. The summed E-state index contributed by atoms with van der Waals surface area (Å²) in [7, 11) is -1.27. The molecule has 3 rings (SSSR count). The molecule has 0 radical (unpaired) electrons. The highest BCUT2D eigenvalue weighted by Gasteiger charge is 2.25. The smallest absolute Gasteiger partial charge is 0.323 e. The summed E-state index contributed by atoms with van der Waals surface area (Å²) in [6, 6.07) is 12.8. The van der Waals surface area contributed by atoms with Gasteiger partial charge in [0.25, 0.3) is 5.91 Å². The van der Waals surface area contributed by atoms with Crippen LogP contribution in [-0.2, 0) is 15.0 Å². The third kappa shape index (κ3) is 9.14. The second-order valence-corrected chi connectivity index (χ2v) is 12.4. The fraction of sp³-hybridized carbons (Fsp3) is 0.500. The number of ether oxygens (including phenoxy) is 1. The Kier molecular flexibility index (Phi) is 10.6. The summed E-state index contributed by atoms with van der Waals surface area (Å²) in [6.45, 7) is 6.64. The maximum atomic E-state index is 13.0. The monoisotopic (exact) mass is 559 g/mol. The van der Waals surface area contributed by atoms with E-state index in [4.69, 9.17) is 4.74 Å². The van der Waals surface area contributed by atoms with Crippen LogP contribution in [0.25, 0.3) is 0 Å². The summed E-state index contributed by atoms with van der Waals surface area (Å²) in [5, 5.41) is 5.84. The lowest BCUT2D eigenvalue weighted by molar-refractivity contribution is -0.121. The van der Waals surface area contributed by atoms with Gasteiger partial charge in [-0.3, -0.25) is 4.79 Å². The van der Waals surface area contributed by atoms with Crippen molar-refractivity contribution in [2.45, 2.75) is 58.9 Å². The highest BCUT2D eigenvalue weighted by Crippen LogP contribution is 2.36. The maximum Gasteiger partial charge on any atom is 0.323 e. The minimum atomic E-state index is -3.92. The Labute approximate surface area is 232 Å². The highest BCUT2D eigenvalue weighted by molar-refractivity contribution is 7.87. The van der Waals surface area contributed by atoms with Crippen LogP contribution in [0.2, 0.25) is 0 Å². The molecule has 0 saturated heterocycles. The summed E-state index contributed by atoms with van der Waals surface area (Å²) in [6.07, 6.45) is 5.74. The van der Waals surface area contributed by atoms with Gasteiger partial charge in [0.05, 0.1) is 11.4 Å². The Bertz CT molecular complexity index is 1230. The number of hydrogen-bond donors (Lipinski definition) is 3. The topological polar surface area (TPSA) is 120 Å². The van der Waals surface area contributed by atoms with Gasteiger partial charge in [-0.05, 0) is 49.9 Å². The van der Waals surface area contributed by atoms with Crippen molar-refractivity contribution in [3.63, 3.8) is 0 Å². The molecule has 1 aliphatic carbocycles. The molecule has 39 heavy (non-hydrogen) atoms. The summed E-state index contributed by atoms with van der Waals surface area (Å²) in [5.74, 6) is -0.0719. The molecule has 0 bridgehead atoms. The van der Waals surface area contributed by atoms with Crippen LogP contribution in [0.1, 0.15) is 51.5 Å². The zero-order valence-corrected chi connectivity index (χ0v) is 24.3. The summed E-state index contributed by atoms with van der Waals surface area (Å²) < 4.78 is 32.3. The zero-order valence-electron chi connectivity index (χ0n) is 23.5. The van der Waals surface area contributed by atoms with Gasteiger partial charge in [0.15, 0.2) is 6.61 Å². The molecule has 214 valence electrons. The highest BCUT2D eigenvalue weighted by atomic mass is 32.2. The Morgan fingerprint density at radius 3 is 2.28 bits per heavy atom. The third-order valence-corrected chi connectivity index (χ3v) is 7.95. The normalized spacial score (nSPS) is 14.2. The molecule has 0 spiro atoms. The van der Waals surface area contributed by atoms with Gasteiger partial charge >= 0.3 is 16.2 Å². The SMILES string of the molecule is Cc1ccc(NC(=O)Nc2cc(OCC(=O)NS(=O)(=O)N(C)C)ccc2N(CC(C)C)C2CCCCC2)cc1. The van der Waals surface area contributed by atoms with Gasteiger partial charge in [-0.2, -0.15) is 12.7 Å². The van der Waals surface area contributed by atoms with Gasteiger partial charge in [0, 0.05) is 38.4 Å². The van der Waals surface area contributed by atoms with Crippen molar-refractivity contribution >= 4 is 39.2 Å². The Balaban J connectivity index is 1.86. The number of aryl methyl sites for hydroxylation is 1. The quantitative estimate of drug-likeness (QED) is 0.366. The number of amides is 3. The molecule has 0 unspecified atom stereocenters. The molecule has 1 fully saturated rings. The van der Waals surface area contributed by atoms with Crippen molar-refractivity contribution in [1.82, 2.24) is 9.03 Å². The van der Waals surface area contributed by atoms with Crippen LogP contribution in [0, 0.1) is 12.8 Å². The molecule has 1 saturated carbocycles. The fourth-order valence-corrected chi connectivity index (χ4v) is 5.05. The number of anilines is 3. The number of urea groups is 1. The Hall–Kier alpha value is -3.31. The first-order valence-corrected chi connectivity index (χ1v) is 14.8. The average Bonchev–Trinajstić information content (AvgIpc) is 2.88. The van der Waals surface area contributed by atoms with Gasteiger partial charge in [0.2, 0.25) is 0 Å². The summed E-state index contributed by atoms with van der Waals surface area (Å²) in [4.78, 5) is 27.6. The van der Waals surface area contributed by atoms with Crippen LogP contribution in [0.15, 0.2) is 42.5 Å². The predicted molar refractivity (Wildman–Crippen MR) is 156 cm³/mol. The number of nitrogens with one attached hydrogen (secondary N) is 3. The maximum absolute atomic E-state index is 13.0. The van der Waals surface area contributed by atoms with Gasteiger partial charge < -0.3 is 20.3 Å². The van der Waals surface area contributed by atoms with E-state index in [0.29, 0.717) is 29.1 Å². The third-order valence-electron chi connectivity index (χ3n) is 6.51. The van der Waals surface area contributed by atoms with Crippen molar-refractivity contribution in [2.24, 2.45) is 5.92 Å². The average molecular weight is 560 g/mol. The first-order chi connectivity index (χ1) is 18.4. The molecule has 11 heteroatoms. The van der Waals surface area contributed by atoms with Crippen LogP contribution in [0.5, 0.6) is 5.75 Å². The number of nitrogens with zero attached hydrogens (tertiary/aromatic N) is 2. The van der Waals surface area contributed by atoms with Crippen molar-refractivity contribution in [3.8, 4) is 5.75 Å². The zero-order chi connectivity index (χ0) is 28.6. The molecule has 1 aliphatic rings. The lowest BCUT2D eigenvalue weighted by atomic mass is 9.93. The Morgan fingerprint density at radius 1 is 1.00 bits per heavy atom. The number of rotatable bonds is 11. The van der Waals surface area contributed by atoms with Gasteiger partial charge in [0.1, 0.15) is 5.75 Å². The van der Waals surface area contributed by atoms with E-state index in [-0.39, 0.29) is 0 Å². The number of benzene rings is 2. The standard InChI is InChI=1S/C28H41N5O5S/c1-20(2)18-33(23-9-7-6-8-10-23)26-16-15-24(38-19-27(34)31-39(36,37)32(4)5)17-25(26)30-28(35)29-22-13-11-21(3)12-14-22/h11-17,20,23H,6-10,18-19H2,1-5H3,(H,31,34)(H2,29,30,35). The molecular formula is C28H41N5O5S. The van der Waals surface area contributed by atoms with Crippen LogP contribution in [0.4, 0.5) is 21.9 Å². The Morgan fingerprint density at radius 2 is 1.67 bits per heavy atom. The second-order valence-electron chi connectivity index (χ2n) is 10.6. The lowest BCUT2D eigenvalue weighted by Crippen LogP contribution is -2.41. The van der Waals surface area contributed by atoms with E-state index in [1.54, 1.807) is 12.1 Å². The minimum absolute atomic E-state index is 0.329. The van der Waals surface area contributed by atoms with Crippen molar-refractivity contribution < 1.29 is 22.7 Å². The van der Waals surface area contributed by atoms with Crippen molar-refractivity contribution in [3.05, 3.63) is 48.0 Å². The van der Waals surface area contributed by atoms with E-state index < -0.39 is 28.8 Å². The predicted octanol–water partition coefficient (Wildman–Crippen LogP) is 4.74. The molecular weight excluding hydrogens is 518 g/mol. The molecule has 0 heterocycles. The van der Waals surface area contributed by atoms with E-state index in [9.17, 15) is 18.0 Å². The van der Waals surface area contributed by atoms with Crippen molar-refractivity contribution in [2.75, 3.05) is 42.8 Å². The lowest BCUT2D eigenvalue weighted by Gasteiger charge is -2.38. The molecule has 3 amide bonds. The largest absolute Gasteiger partial charge is 0.484 e. The first-order valence-electron chi connectivity index (χ1n) is 13.4. The number of hydrogen-bond acceptors (Lipinski definition) is 6. The number of carbonyl (C=O) groups is 2. The van der Waals surface area contributed by atoms with Gasteiger partial charge in [-0.1, -0.05) is 50.8 Å². The molecule has 0 atom stereocenters. The molecule has 0 aliphatic heterocycles. The van der Waals surface area contributed by atoms with Gasteiger partial charge in [-0.25, -0.2) is 9.52 Å². The van der Waals surface area contributed by atoms with E-state index in [2.05, 4.69) is 29.4 Å². The molecule has 2 aromatic carbocycles. The molecule has 3 N–H and O–H groups in total. The fourth-order valence-electron chi connectivity index (χ4n) is 4.52.